The average Bonchev–Trinajstić information content (AvgIpc) is 2.59. The molecule has 0 aliphatic rings. The van der Waals surface area contributed by atoms with Crippen LogP contribution in [0.5, 0.6) is 0 Å². The molecule has 0 aromatic carbocycles. The van der Waals surface area contributed by atoms with E-state index >= 15 is 0 Å². The Labute approximate surface area is 78.2 Å². The predicted molar refractivity (Wildman–Crippen MR) is 53.9 cm³/mol. The summed E-state index contributed by atoms with van der Waals surface area (Å²) in [6.07, 6.45) is 2.03. The fourth-order valence-corrected chi connectivity index (χ4v) is 1.54. The number of rotatable bonds is 2. The van der Waals surface area contributed by atoms with E-state index < -0.39 is 0 Å². The van der Waals surface area contributed by atoms with E-state index in [1.165, 1.54) is 11.2 Å². The van der Waals surface area contributed by atoms with Gasteiger partial charge in [0, 0.05) is 5.69 Å². The Balaban J connectivity index is 2.64. The molecule has 68 valence electrons. The molecule has 2 aromatic rings. The van der Waals surface area contributed by atoms with E-state index in [1.807, 2.05) is 4.52 Å². The Morgan fingerprint density at radius 3 is 2.54 bits per heavy atom. The minimum Gasteiger partial charge on any atom is -0.238 e. The lowest BCUT2D eigenvalue weighted by molar-refractivity contribution is 0.815. The topological polar surface area (TPSA) is 17.3 Å². The van der Waals surface area contributed by atoms with Gasteiger partial charge in [-0.05, 0) is 37.1 Å². The number of aromatic nitrogens is 2. The maximum absolute atomic E-state index is 4.54. The molecule has 13 heavy (non-hydrogen) atoms. The van der Waals surface area contributed by atoms with E-state index in [1.54, 1.807) is 0 Å². The summed E-state index contributed by atoms with van der Waals surface area (Å²) in [5, 5.41) is 4.54. The van der Waals surface area contributed by atoms with Gasteiger partial charge in [-0.3, -0.25) is 0 Å². The first-order valence-corrected chi connectivity index (χ1v) is 4.81. The zero-order valence-electron chi connectivity index (χ0n) is 8.12. The normalized spacial score (nSPS) is 10.9. The first kappa shape index (κ1) is 8.30. The molecular weight excluding hydrogens is 160 g/mol. The number of aryl methyl sites for hydroxylation is 2. The van der Waals surface area contributed by atoms with Crippen molar-refractivity contribution >= 4 is 5.52 Å². The zero-order valence-corrected chi connectivity index (χ0v) is 8.12. The molecule has 0 aliphatic carbocycles. The van der Waals surface area contributed by atoms with Crippen LogP contribution >= 0.6 is 0 Å². The molecule has 0 saturated heterocycles. The van der Waals surface area contributed by atoms with Gasteiger partial charge in [0.1, 0.15) is 0 Å². The van der Waals surface area contributed by atoms with Crippen LogP contribution in [-0.2, 0) is 12.8 Å². The number of nitrogens with zero attached hydrogens (tertiary/aromatic N) is 2. The van der Waals surface area contributed by atoms with Gasteiger partial charge >= 0.3 is 0 Å². The summed E-state index contributed by atoms with van der Waals surface area (Å²) in [5.41, 5.74) is 3.62. The molecule has 0 aliphatic heterocycles. The number of hydrogen-bond acceptors (Lipinski definition) is 1. The molecule has 0 saturated carbocycles. The highest BCUT2D eigenvalue weighted by molar-refractivity contribution is 5.48. The van der Waals surface area contributed by atoms with Crippen LogP contribution in [0.25, 0.3) is 5.52 Å². The largest absolute Gasteiger partial charge is 0.238 e. The van der Waals surface area contributed by atoms with E-state index in [0.29, 0.717) is 0 Å². The maximum atomic E-state index is 4.54. The van der Waals surface area contributed by atoms with Crippen molar-refractivity contribution in [1.82, 2.24) is 9.61 Å². The highest BCUT2D eigenvalue weighted by Gasteiger charge is 2.00. The predicted octanol–water partition coefficient (Wildman–Crippen LogP) is 2.46. The van der Waals surface area contributed by atoms with Crippen molar-refractivity contribution < 1.29 is 0 Å². The molecule has 2 heteroatoms. The minimum absolute atomic E-state index is 0.997. The van der Waals surface area contributed by atoms with Crippen molar-refractivity contribution in [2.45, 2.75) is 26.7 Å². The van der Waals surface area contributed by atoms with Crippen LogP contribution in [0.3, 0.4) is 0 Å². The molecular formula is C11H14N2. The van der Waals surface area contributed by atoms with Crippen molar-refractivity contribution in [2.24, 2.45) is 0 Å². The van der Waals surface area contributed by atoms with Gasteiger partial charge in [0.15, 0.2) is 0 Å². The Morgan fingerprint density at radius 1 is 1.08 bits per heavy atom. The third-order valence-electron chi connectivity index (χ3n) is 2.36. The van der Waals surface area contributed by atoms with Gasteiger partial charge in [-0.25, -0.2) is 4.52 Å². The fourth-order valence-electron chi connectivity index (χ4n) is 1.54. The zero-order chi connectivity index (χ0) is 9.26. The van der Waals surface area contributed by atoms with E-state index in [9.17, 15) is 0 Å². The van der Waals surface area contributed by atoms with Crippen LogP contribution in [0.15, 0.2) is 24.3 Å². The molecule has 2 rings (SSSR count). The smallest absolute Gasteiger partial charge is 0.0650 e. The maximum Gasteiger partial charge on any atom is 0.0650 e. The van der Waals surface area contributed by atoms with Gasteiger partial charge in [-0.15, -0.1) is 0 Å². The SMILES string of the molecule is CCc1ccc2ccc(CC)n2n1. The molecule has 0 bridgehead atoms. The highest BCUT2D eigenvalue weighted by atomic mass is 15.2. The third-order valence-corrected chi connectivity index (χ3v) is 2.36. The number of fused-ring (bicyclic) bond motifs is 1. The second-order valence-corrected chi connectivity index (χ2v) is 3.19. The van der Waals surface area contributed by atoms with Gasteiger partial charge in [0.05, 0.1) is 11.2 Å². The third kappa shape index (κ3) is 1.32. The van der Waals surface area contributed by atoms with Gasteiger partial charge in [-0.2, -0.15) is 5.10 Å². The lowest BCUT2D eigenvalue weighted by Crippen LogP contribution is -1.99. The molecule has 2 heterocycles. The standard InChI is InChI=1S/C11H14N2/c1-3-9-5-6-11-8-7-10(4-2)13(11)12-9/h5-8H,3-4H2,1-2H3. The first-order valence-electron chi connectivity index (χ1n) is 4.81. The molecule has 0 amide bonds. The molecule has 0 fully saturated rings. The van der Waals surface area contributed by atoms with Crippen LogP contribution in [-0.4, -0.2) is 9.61 Å². The van der Waals surface area contributed by atoms with E-state index in [4.69, 9.17) is 0 Å². The second kappa shape index (κ2) is 3.21. The fraction of sp³-hybridized carbons (Fsp3) is 0.364. The van der Waals surface area contributed by atoms with Gasteiger partial charge in [0.25, 0.3) is 0 Å². The Kier molecular flexibility index (Phi) is 2.05. The summed E-state index contributed by atoms with van der Waals surface area (Å²) >= 11 is 0. The monoisotopic (exact) mass is 174 g/mol. The van der Waals surface area contributed by atoms with E-state index in [2.05, 4.69) is 43.2 Å². The van der Waals surface area contributed by atoms with Gasteiger partial charge in [-0.1, -0.05) is 13.8 Å². The van der Waals surface area contributed by atoms with E-state index in [-0.39, 0.29) is 0 Å². The van der Waals surface area contributed by atoms with Crippen LogP contribution in [0, 0.1) is 0 Å². The van der Waals surface area contributed by atoms with Crippen LogP contribution in [0.2, 0.25) is 0 Å². The Morgan fingerprint density at radius 2 is 1.85 bits per heavy atom. The summed E-state index contributed by atoms with van der Waals surface area (Å²) in [7, 11) is 0. The second-order valence-electron chi connectivity index (χ2n) is 3.19. The number of hydrogen-bond donors (Lipinski definition) is 0. The van der Waals surface area contributed by atoms with Crippen LogP contribution in [0.1, 0.15) is 25.2 Å². The molecule has 2 nitrogen and oxygen atoms in total. The van der Waals surface area contributed by atoms with E-state index in [0.717, 1.165) is 18.5 Å². The quantitative estimate of drug-likeness (QED) is 0.683. The highest BCUT2D eigenvalue weighted by Crippen LogP contribution is 2.09. The van der Waals surface area contributed by atoms with Gasteiger partial charge < -0.3 is 0 Å². The lowest BCUT2D eigenvalue weighted by Gasteiger charge is -2.01. The Hall–Kier alpha value is -1.31. The van der Waals surface area contributed by atoms with Crippen molar-refractivity contribution in [1.29, 1.82) is 0 Å². The van der Waals surface area contributed by atoms with Crippen molar-refractivity contribution in [2.75, 3.05) is 0 Å². The summed E-state index contributed by atoms with van der Waals surface area (Å²) in [4.78, 5) is 0. The summed E-state index contributed by atoms with van der Waals surface area (Å²) < 4.78 is 2.04. The first-order chi connectivity index (χ1) is 6.35. The molecule has 0 radical (unpaired) electrons. The van der Waals surface area contributed by atoms with Crippen LogP contribution in [0.4, 0.5) is 0 Å². The minimum atomic E-state index is 0.997. The van der Waals surface area contributed by atoms with Crippen LogP contribution < -0.4 is 0 Å². The van der Waals surface area contributed by atoms with Gasteiger partial charge in [0.2, 0.25) is 0 Å². The van der Waals surface area contributed by atoms with Crippen molar-refractivity contribution in [3.63, 3.8) is 0 Å². The molecule has 0 unspecified atom stereocenters. The summed E-state index contributed by atoms with van der Waals surface area (Å²) in [6.45, 7) is 4.28. The van der Waals surface area contributed by atoms with Crippen molar-refractivity contribution in [3.8, 4) is 0 Å². The molecule has 0 atom stereocenters. The molecule has 0 N–H and O–H groups in total. The summed E-state index contributed by atoms with van der Waals surface area (Å²) in [6, 6.07) is 8.48. The molecule has 2 aromatic heterocycles. The average molecular weight is 174 g/mol. The summed E-state index contributed by atoms with van der Waals surface area (Å²) in [5.74, 6) is 0. The Bertz CT molecular complexity index is 415. The van der Waals surface area contributed by atoms with Crippen molar-refractivity contribution in [3.05, 3.63) is 35.7 Å². The lowest BCUT2D eigenvalue weighted by atomic mass is 10.3. The molecule has 0 spiro atoms.